The number of carbonyl (C=O) groups is 2. The summed E-state index contributed by atoms with van der Waals surface area (Å²) in [5.74, 6) is -5.31. The second kappa shape index (κ2) is 8.93. The lowest BCUT2D eigenvalue weighted by molar-refractivity contribution is -0.124. The molecule has 2 aromatic carbocycles. The van der Waals surface area contributed by atoms with Gasteiger partial charge in [-0.05, 0) is 31.2 Å². The number of hydrogen-bond acceptors (Lipinski definition) is 4. The Bertz CT molecular complexity index is 846. The van der Waals surface area contributed by atoms with Crippen molar-refractivity contribution in [2.24, 2.45) is 0 Å². The molecule has 0 aliphatic heterocycles. The van der Waals surface area contributed by atoms with Gasteiger partial charge in [0.25, 0.3) is 0 Å². The Morgan fingerprint density at radius 3 is 2.44 bits per heavy atom. The minimum Gasteiger partial charge on any atom is -0.495 e. The Kier molecular flexibility index (Phi) is 6.64. The van der Waals surface area contributed by atoms with Gasteiger partial charge >= 0.3 is 0 Å². The predicted octanol–water partition coefficient (Wildman–Crippen LogP) is 2.67. The maximum absolute atomic E-state index is 13.5. The van der Waals surface area contributed by atoms with Crippen LogP contribution in [0.15, 0.2) is 36.4 Å². The van der Waals surface area contributed by atoms with E-state index in [1.807, 2.05) is 0 Å². The Morgan fingerprint density at radius 1 is 1.04 bits per heavy atom. The van der Waals surface area contributed by atoms with Crippen molar-refractivity contribution in [3.63, 3.8) is 0 Å². The summed E-state index contributed by atoms with van der Waals surface area (Å²) in [5.41, 5.74) is 0.0734. The van der Waals surface area contributed by atoms with Gasteiger partial charge in [-0.3, -0.25) is 9.59 Å². The Balaban J connectivity index is 1.89. The van der Waals surface area contributed by atoms with Crippen LogP contribution in [0.5, 0.6) is 5.75 Å². The summed E-state index contributed by atoms with van der Waals surface area (Å²) in [6.45, 7) is 1.10. The molecular formula is C18H18F3N3O3. The van der Waals surface area contributed by atoms with Crippen LogP contribution in [0.3, 0.4) is 0 Å². The van der Waals surface area contributed by atoms with Crippen molar-refractivity contribution in [2.75, 3.05) is 24.3 Å². The van der Waals surface area contributed by atoms with Gasteiger partial charge < -0.3 is 20.7 Å². The van der Waals surface area contributed by atoms with Crippen LogP contribution in [0.4, 0.5) is 24.5 Å². The first-order chi connectivity index (χ1) is 12.8. The number of ether oxygens (including phenoxy) is 1. The molecule has 2 rings (SSSR count). The van der Waals surface area contributed by atoms with Crippen LogP contribution in [0.25, 0.3) is 0 Å². The first kappa shape index (κ1) is 20.1. The van der Waals surface area contributed by atoms with E-state index >= 15 is 0 Å². The average Bonchev–Trinajstić information content (AvgIpc) is 2.67. The molecule has 0 radical (unpaired) electrons. The van der Waals surface area contributed by atoms with E-state index in [1.54, 1.807) is 31.2 Å². The zero-order chi connectivity index (χ0) is 20.0. The van der Waals surface area contributed by atoms with Crippen LogP contribution in [0.1, 0.15) is 6.92 Å². The number of rotatable bonds is 7. The Hall–Kier alpha value is -3.23. The molecule has 144 valence electrons. The number of carbonyl (C=O) groups excluding carboxylic acids is 2. The van der Waals surface area contributed by atoms with Crippen molar-refractivity contribution in [1.29, 1.82) is 0 Å². The van der Waals surface area contributed by atoms with E-state index in [9.17, 15) is 22.8 Å². The molecule has 2 aromatic rings. The van der Waals surface area contributed by atoms with Crippen LogP contribution in [-0.2, 0) is 9.59 Å². The molecule has 27 heavy (non-hydrogen) atoms. The van der Waals surface area contributed by atoms with Crippen molar-refractivity contribution in [2.45, 2.75) is 13.0 Å². The molecule has 1 atom stereocenters. The summed E-state index contributed by atoms with van der Waals surface area (Å²) in [4.78, 5) is 23.9. The number of methoxy groups -OCH3 is 1. The third kappa shape index (κ3) is 5.13. The molecule has 0 aliphatic carbocycles. The van der Waals surface area contributed by atoms with Gasteiger partial charge in [0.15, 0.2) is 17.5 Å². The number of amides is 2. The van der Waals surface area contributed by atoms with E-state index in [0.717, 1.165) is 6.07 Å². The van der Waals surface area contributed by atoms with E-state index in [-0.39, 0.29) is 0 Å². The molecule has 0 aromatic heterocycles. The van der Waals surface area contributed by atoms with Crippen LogP contribution in [-0.4, -0.2) is 31.5 Å². The number of anilines is 2. The Labute approximate surface area is 153 Å². The SMILES string of the molecule is COc1ccccc1NC(C)C(=O)NCC(=O)Nc1ccc(F)c(F)c1F. The summed E-state index contributed by atoms with van der Waals surface area (Å²) < 4.78 is 44.7. The highest BCUT2D eigenvalue weighted by molar-refractivity contribution is 5.95. The number of hydrogen-bond donors (Lipinski definition) is 3. The standard InChI is InChI=1S/C18H18F3N3O3/c1-10(23-12-5-3-4-6-14(12)27-2)18(26)22-9-15(25)24-13-8-7-11(19)16(20)17(13)21/h3-8,10,23H,9H2,1-2H3,(H,22,26)(H,24,25). The lowest BCUT2D eigenvalue weighted by Gasteiger charge is -2.17. The van der Waals surface area contributed by atoms with Crippen LogP contribution < -0.4 is 20.7 Å². The lowest BCUT2D eigenvalue weighted by Crippen LogP contribution is -2.41. The molecule has 0 fully saturated rings. The quantitative estimate of drug-likeness (QED) is 0.645. The van der Waals surface area contributed by atoms with Gasteiger partial charge in [-0.25, -0.2) is 13.2 Å². The van der Waals surface area contributed by atoms with E-state index in [0.29, 0.717) is 17.5 Å². The molecule has 6 nitrogen and oxygen atoms in total. The molecule has 0 heterocycles. The second-order valence-corrected chi connectivity index (χ2v) is 5.56. The largest absolute Gasteiger partial charge is 0.495 e. The number of benzene rings is 2. The third-order valence-corrected chi connectivity index (χ3v) is 3.60. The molecule has 0 aliphatic rings. The molecule has 0 bridgehead atoms. The zero-order valence-corrected chi connectivity index (χ0v) is 14.6. The Morgan fingerprint density at radius 2 is 1.74 bits per heavy atom. The number of para-hydroxylation sites is 2. The average molecular weight is 381 g/mol. The first-order valence-corrected chi connectivity index (χ1v) is 7.94. The first-order valence-electron chi connectivity index (χ1n) is 7.94. The van der Waals surface area contributed by atoms with Crippen molar-refractivity contribution in [3.05, 3.63) is 53.8 Å². The van der Waals surface area contributed by atoms with E-state index in [2.05, 4.69) is 16.0 Å². The van der Waals surface area contributed by atoms with Gasteiger partial charge in [0.05, 0.1) is 25.0 Å². The fraction of sp³-hybridized carbons (Fsp3) is 0.222. The van der Waals surface area contributed by atoms with Gasteiger partial charge in [-0.1, -0.05) is 12.1 Å². The highest BCUT2D eigenvalue weighted by Crippen LogP contribution is 2.23. The van der Waals surface area contributed by atoms with E-state index in [1.165, 1.54) is 7.11 Å². The fourth-order valence-corrected chi connectivity index (χ4v) is 2.20. The van der Waals surface area contributed by atoms with Gasteiger partial charge in [-0.15, -0.1) is 0 Å². The zero-order valence-electron chi connectivity index (χ0n) is 14.6. The second-order valence-electron chi connectivity index (χ2n) is 5.56. The highest BCUT2D eigenvalue weighted by atomic mass is 19.2. The summed E-state index contributed by atoms with van der Waals surface area (Å²) in [7, 11) is 1.49. The smallest absolute Gasteiger partial charge is 0.243 e. The van der Waals surface area contributed by atoms with E-state index < -0.39 is 47.5 Å². The molecular weight excluding hydrogens is 363 g/mol. The molecule has 3 N–H and O–H groups in total. The van der Waals surface area contributed by atoms with Crippen LogP contribution in [0.2, 0.25) is 0 Å². The molecule has 2 amide bonds. The van der Waals surface area contributed by atoms with Crippen molar-refractivity contribution < 1.29 is 27.5 Å². The fourth-order valence-electron chi connectivity index (χ4n) is 2.20. The number of halogens is 3. The lowest BCUT2D eigenvalue weighted by atomic mass is 10.2. The normalized spacial score (nSPS) is 11.4. The van der Waals surface area contributed by atoms with Crippen LogP contribution >= 0.6 is 0 Å². The minimum atomic E-state index is -1.69. The summed E-state index contributed by atoms with van der Waals surface area (Å²) in [6, 6.07) is 7.85. The van der Waals surface area contributed by atoms with E-state index in [4.69, 9.17) is 4.74 Å². The topological polar surface area (TPSA) is 79.5 Å². The van der Waals surface area contributed by atoms with Gasteiger partial charge in [-0.2, -0.15) is 0 Å². The van der Waals surface area contributed by atoms with Crippen molar-refractivity contribution in [1.82, 2.24) is 5.32 Å². The third-order valence-electron chi connectivity index (χ3n) is 3.60. The molecule has 1 unspecified atom stereocenters. The predicted molar refractivity (Wildman–Crippen MR) is 94.0 cm³/mol. The summed E-state index contributed by atoms with van der Waals surface area (Å²) in [6.07, 6.45) is 0. The maximum atomic E-state index is 13.5. The van der Waals surface area contributed by atoms with Gasteiger partial charge in [0.1, 0.15) is 11.8 Å². The molecule has 0 saturated carbocycles. The van der Waals surface area contributed by atoms with Gasteiger partial charge in [0, 0.05) is 0 Å². The highest BCUT2D eigenvalue weighted by Gasteiger charge is 2.18. The molecule has 0 spiro atoms. The monoisotopic (exact) mass is 381 g/mol. The summed E-state index contributed by atoms with van der Waals surface area (Å²) in [5, 5.41) is 7.36. The van der Waals surface area contributed by atoms with Crippen LogP contribution in [0, 0.1) is 17.5 Å². The molecule has 0 saturated heterocycles. The maximum Gasteiger partial charge on any atom is 0.243 e. The van der Waals surface area contributed by atoms with Crippen molar-refractivity contribution >= 4 is 23.2 Å². The van der Waals surface area contributed by atoms with Crippen molar-refractivity contribution in [3.8, 4) is 5.75 Å². The number of nitrogens with one attached hydrogen (secondary N) is 3. The molecule has 9 heteroatoms. The summed E-state index contributed by atoms with van der Waals surface area (Å²) >= 11 is 0. The van der Waals surface area contributed by atoms with Gasteiger partial charge in [0.2, 0.25) is 11.8 Å². The minimum absolute atomic E-state index is 0.477.